The molecule has 0 bridgehead atoms. The smallest absolute Gasteiger partial charge is 0.246 e. The number of ether oxygens (including phenoxy) is 3. The van der Waals surface area contributed by atoms with Crippen LogP contribution in [0.5, 0.6) is 11.5 Å². The molecule has 0 aliphatic carbocycles. The SMILES string of the molecule is COCCN1CCC(COc2cc3ncnc(-c4ccc(NC(=O)Cn5cc(C(C)(C)C)nn5)cc4)c3cc2OC)CC1. The van der Waals surface area contributed by atoms with E-state index in [2.05, 4.69) is 51.3 Å². The number of amides is 1. The van der Waals surface area contributed by atoms with Crippen molar-refractivity contribution in [1.82, 2.24) is 29.9 Å². The lowest BCUT2D eigenvalue weighted by Crippen LogP contribution is -2.37. The minimum Gasteiger partial charge on any atom is -0.493 e. The molecule has 5 rings (SSSR count). The molecule has 1 saturated heterocycles. The zero-order valence-corrected chi connectivity index (χ0v) is 25.7. The largest absolute Gasteiger partial charge is 0.493 e. The summed E-state index contributed by atoms with van der Waals surface area (Å²) in [7, 11) is 3.39. The molecule has 2 aromatic carbocycles. The van der Waals surface area contributed by atoms with Crippen molar-refractivity contribution in [3.05, 3.63) is 54.6 Å². The quantitative estimate of drug-likeness (QED) is 0.269. The van der Waals surface area contributed by atoms with Crippen molar-refractivity contribution in [2.75, 3.05) is 52.4 Å². The molecular weight excluding hydrogens is 546 g/mol. The maximum atomic E-state index is 12.6. The summed E-state index contributed by atoms with van der Waals surface area (Å²) < 4.78 is 18.7. The van der Waals surface area contributed by atoms with E-state index in [1.807, 2.05) is 42.6 Å². The Morgan fingerprint density at radius 1 is 1.05 bits per heavy atom. The Morgan fingerprint density at radius 2 is 1.81 bits per heavy atom. The van der Waals surface area contributed by atoms with Gasteiger partial charge in [0.1, 0.15) is 12.9 Å². The maximum Gasteiger partial charge on any atom is 0.246 e. The third kappa shape index (κ3) is 7.66. The van der Waals surface area contributed by atoms with E-state index >= 15 is 0 Å². The Bertz CT molecular complexity index is 1520. The number of nitrogens with one attached hydrogen (secondary N) is 1. The van der Waals surface area contributed by atoms with Crippen LogP contribution in [0.2, 0.25) is 0 Å². The molecule has 0 atom stereocenters. The monoisotopic (exact) mass is 587 g/mol. The van der Waals surface area contributed by atoms with Crippen molar-refractivity contribution in [3.63, 3.8) is 0 Å². The van der Waals surface area contributed by atoms with Crippen LogP contribution in [0.4, 0.5) is 5.69 Å². The number of rotatable bonds is 11. The lowest BCUT2D eigenvalue weighted by Gasteiger charge is -2.31. The summed E-state index contributed by atoms with van der Waals surface area (Å²) in [5, 5.41) is 12.0. The first kappa shape index (κ1) is 30.4. The number of fused-ring (bicyclic) bond motifs is 1. The molecule has 2 aromatic heterocycles. The molecular formula is C32H41N7O4. The Kier molecular flexibility index (Phi) is 9.52. The molecule has 11 nitrogen and oxygen atoms in total. The van der Waals surface area contributed by atoms with Gasteiger partial charge in [0, 0.05) is 48.0 Å². The van der Waals surface area contributed by atoms with Crippen LogP contribution < -0.4 is 14.8 Å². The Hall–Kier alpha value is -4.09. The van der Waals surface area contributed by atoms with Gasteiger partial charge in [-0.1, -0.05) is 38.1 Å². The average molecular weight is 588 g/mol. The van der Waals surface area contributed by atoms with Crippen LogP contribution in [0.15, 0.2) is 48.9 Å². The fourth-order valence-corrected chi connectivity index (χ4v) is 5.15. The average Bonchev–Trinajstić information content (AvgIpc) is 3.48. The second-order valence-corrected chi connectivity index (χ2v) is 12.0. The number of aromatic nitrogens is 5. The van der Waals surface area contributed by atoms with Crippen LogP contribution >= 0.6 is 0 Å². The van der Waals surface area contributed by atoms with Gasteiger partial charge in [0.15, 0.2) is 11.5 Å². The van der Waals surface area contributed by atoms with Gasteiger partial charge < -0.3 is 24.4 Å². The number of nitrogens with zero attached hydrogens (tertiary/aromatic N) is 6. The van der Waals surface area contributed by atoms with Gasteiger partial charge in [0.2, 0.25) is 5.91 Å². The Balaban J connectivity index is 1.24. The van der Waals surface area contributed by atoms with Gasteiger partial charge >= 0.3 is 0 Å². The third-order valence-electron chi connectivity index (χ3n) is 7.77. The Morgan fingerprint density at radius 3 is 2.49 bits per heavy atom. The number of hydrogen-bond donors (Lipinski definition) is 1. The van der Waals surface area contributed by atoms with Gasteiger partial charge in [-0.15, -0.1) is 5.10 Å². The normalized spacial score (nSPS) is 14.6. The van der Waals surface area contributed by atoms with Crippen molar-refractivity contribution >= 4 is 22.5 Å². The van der Waals surface area contributed by atoms with Crippen LogP contribution in [0.3, 0.4) is 0 Å². The predicted octanol–water partition coefficient (Wildman–Crippen LogP) is 4.57. The molecule has 1 amide bonds. The van der Waals surface area contributed by atoms with Crippen LogP contribution in [0.1, 0.15) is 39.3 Å². The zero-order chi connectivity index (χ0) is 30.4. The molecule has 228 valence electrons. The highest BCUT2D eigenvalue weighted by atomic mass is 16.5. The van der Waals surface area contributed by atoms with Crippen LogP contribution in [-0.4, -0.2) is 82.8 Å². The van der Waals surface area contributed by atoms with Crippen LogP contribution in [-0.2, 0) is 21.5 Å². The van der Waals surface area contributed by atoms with Gasteiger partial charge in [-0.3, -0.25) is 4.79 Å². The molecule has 43 heavy (non-hydrogen) atoms. The molecule has 0 saturated carbocycles. The molecule has 3 heterocycles. The minimum absolute atomic E-state index is 0.0825. The van der Waals surface area contributed by atoms with Crippen LogP contribution in [0.25, 0.3) is 22.2 Å². The molecule has 0 spiro atoms. The first-order valence-electron chi connectivity index (χ1n) is 14.7. The van der Waals surface area contributed by atoms with Crippen molar-refractivity contribution in [2.24, 2.45) is 5.92 Å². The molecule has 1 aliphatic heterocycles. The second kappa shape index (κ2) is 13.5. The molecule has 4 aromatic rings. The first-order chi connectivity index (χ1) is 20.7. The topological polar surface area (TPSA) is 117 Å². The van der Waals surface area contributed by atoms with Gasteiger partial charge in [-0.25, -0.2) is 14.6 Å². The van der Waals surface area contributed by atoms with Gasteiger partial charge in [-0.05, 0) is 50.0 Å². The highest BCUT2D eigenvalue weighted by molar-refractivity contribution is 5.95. The van der Waals surface area contributed by atoms with Gasteiger partial charge in [-0.2, -0.15) is 0 Å². The zero-order valence-electron chi connectivity index (χ0n) is 25.7. The fourth-order valence-electron chi connectivity index (χ4n) is 5.15. The summed E-state index contributed by atoms with van der Waals surface area (Å²) in [5.41, 5.74) is 3.83. The van der Waals surface area contributed by atoms with Gasteiger partial charge in [0.25, 0.3) is 0 Å². The lowest BCUT2D eigenvalue weighted by atomic mass is 9.93. The Labute approximate surface area is 252 Å². The molecule has 1 N–H and O–H groups in total. The molecule has 1 aliphatic rings. The summed E-state index contributed by atoms with van der Waals surface area (Å²) in [6, 6.07) is 11.4. The van der Waals surface area contributed by atoms with E-state index < -0.39 is 0 Å². The fraction of sp³-hybridized carbons (Fsp3) is 0.469. The van der Waals surface area contributed by atoms with Crippen molar-refractivity contribution < 1.29 is 19.0 Å². The maximum absolute atomic E-state index is 12.6. The number of carbonyl (C=O) groups is 1. The number of anilines is 1. The van der Waals surface area contributed by atoms with Crippen molar-refractivity contribution in [3.8, 4) is 22.8 Å². The number of benzene rings is 2. The van der Waals surface area contributed by atoms with E-state index in [4.69, 9.17) is 14.2 Å². The molecule has 0 radical (unpaired) electrons. The van der Waals surface area contributed by atoms with Gasteiger partial charge in [0.05, 0.1) is 37.2 Å². The van der Waals surface area contributed by atoms with E-state index in [-0.39, 0.29) is 17.9 Å². The summed E-state index contributed by atoms with van der Waals surface area (Å²) in [6.07, 6.45) is 5.56. The number of methoxy groups -OCH3 is 2. The highest BCUT2D eigenvalue weighted by Gasteiger charge is 2.21. The first-order valence-corrected chi connectivity index (χ1v) is 14.7. The summed E-state index contributed by atoms with van der Waals surface area (Å²) in [4.78, 5) is 24.2. The second-order valence-electron chi connectivity index (χ2n) is 12.0. The lowest BCUT2D eigenvalue weighted by molar-refractivity contribution is -0.116. The van der Waals surface area contributed by atoms with Crippen LogP contribution in [0, 0.1) is 5.92 Å². The molecule has 0 unspecified atom stereocenters. The minimum atomic E-state index is -0.181. The predicted molar refractivity (Wildman–Crippen MR) is 165 cm³/mol. The summed E-state index contributed by atoms with van der Waals surface area (Å²) >= 11 is 0. The highest BCUT2D eigenvalue weighted by Crippen LogP contribution is 2.36. The van der Waals surface area contributed by atoms with E-state index in [0.29, 0.717) is 29.7 Å². The number of piperidine rings is 1. The van der Waals surface area contributed by atoms with E-state index in [1.165, 1.54) is 0 Å². The standard InChI is InChI=1S/C32H41N7O4/c1-32(2,3)29-18-39(37-36-29)19-30(40)35-24-8-6-23(7-9-24)31-25-16-27(42-5)28(17-26(25)33-21-34-31)43-20-22-10-12-38(13-11-22)14-15-41-4/h6-9,16-18,21-22H,10-15,19-20H2,1-5H3,(H,35,40). The number of hydrogen-bond acceptors (Lipinski definition) is 9. The van der Waals surface area contributed by atoms with Crippen molar-refractivity contribution in [1.29, 1.82) is 0 Å². The van der Waals surface area contributed by atoms with E-state index in [0.717, 1.165) is 66.9 Å². The molecule has 1 fully saturated rings. The summed E-state index contributed by atoms with van der Waals surface area (Å²) in [6.45, 7) is 10.8. The van der Waals surface area contributed by atoms with E-state index in [9.17, 15) is 4.79 Å². The summed E-state index contributed by atoms with van der Waals surface area (Å²) in [5.74, 6) is 1.64. The van der Waals surface area contributed by atoms with E-state index in [1.54, 1.807) is 25.2 Å². The molecule has 11 heteroatoms. The van der Waals surface area contributed by atoms with Crippen molar-refractivity contribution in [2.45, 2.75) is 45.6 Å². The number of likely N-dealkylation sites (tertiary alicyclic amines) is 1. The number of carbonyl (C=O) groups excluding carboxylic acids is 1. The third-order valence-corrected chi connectivity index (χ3v) is 7.77.